The van der Waals surface area contributed by atoms with Gasteiger partial charge in [0.1, 0.15) is 6.29 Å². The quantitative estimate of drug-likeness (QED) is 0.446. The first kappa shape index (κ1) is 30.8. The number of hydrogen-bond donors (Lipinski definition) is 1. The number of piperidine rings is 2. The Hall–Kier alpha value is -2.11. The van der Waals surface area contributed by atoms with Crippen LogP contribution in [0.15, 0.2) is 34.1 Å². The lowest BCUT2D eigenvalue weighted by Gasteiger charge is -2.31. The van der Waals surface area contributed by atoms with E-state index < -0.39 is 20.0 Å². The maximum atomic E-state index is 13.9. The number of aliphatic hydroxyl groups excluding tert-OH is 1. The normalized spacial score (nSPS) is 18.7. The van der Waals surface area contributed by atoms with Crippen LogP contribution in [0, 0.1) is 39.5 Å². The van der Waals surface area contributed by atoms with E-state index in [4.69, 9.17) is 0 Å². The van der Waals surface area contributed by atoms with Crippen LogP contribution < -0.4 is 0 Å². The molecule has 2 aromatic carbocycles. The zero-order valence-corrected chi connectivity index (χ0v) is 25.7. The molecular weight excluding hydrogens is 548 g/mol. The van der Waals surface area contributed by atoms with E-state index in [1.165, 1.54) is 8.61 Å². The van der Waals surface area contributed by atoms with Gasteiger partial charge in [0.15, 0.2) is 0 Å². The first-order valence-electron chi connectivity index (χ1n) is 14.1. The SMILES string of the molecule is Cc1cc(C)c(S(=O)(=O)N2CCC(C=O)CC2)c(CCc2cc(C)cc(C)c2S(=O)(=O)N2CCC(CO)CC2)c1. The van der Waals surface area contributed by atoms with E-state index in [0.29, 0.717) is 96.7 Å². The molecule has 0 bridgehead atoms. The van der Waals surface area contributed by atoms with Crippen LogP contribution in [0.2, 0.25) is 0 Å². The molecule has 2 saturated heterocycles. The van der Waals surface area contributed by atoms with Gasteiger partial charge < -0.3 is 9.90 Å². The summed E-state index contributed by atoms with van der Waals surface area (Å²) in [5.41, 5.74) is 4.64. The van der Waals surface area contributed by atoms with E-state index in [2.05, 4.69) is 0 Å². The van der Waals surface area contributed by atoms with Crippen LogP contribution in [0.25, 0.3) is 0 Å². The van der Waals surface area contributed by atoms with E-state index in [1.54, 1.807) is 0 Å². The van der Waals surface area contributed by atoms with Gasteiger partial charge in [-0.15, -0.1) is 0 Å². The van der Waals surface area contributed by atoms with Crippen molar-refractivity contribution in [3.05, 3.63) is 57.6 Å². The van der Waals surface area contributed by atoms with Crippen LogP contribution in [0.1, 0.15) is 59.1 Å². The summed E-state index contributed by atoms with van der Waals surface area (Å²) in [6, 6.07) is 7.56. The molecule has 2 aliphatic rings. The molecule has 2 fully saturated rings. The van der Waals surface area contributed by atoms with E-state index >= 15 is 0 Å². The topological polar surface area (TPSA) is 112 Å². The number of aldehydes is 1. The number of benzene rings is 2. The number of aryl methyl sites for hydroxylation is 6. The zero-order valence-electron chi connectivity index (χ0n) is 24.0. The maximum absolute atomic E-state index is 13.9. The van der Waals surface area contributed by atoms with Gasteiger partial charge in [0.25, 0.3) is 0 Å². The summed E-state index contributed by atoms with van der Waals surface area (Å²) >= 11 is 0. The summed E-state index contributed by atoms with van der Waals surface area (Å²) in [5, 5.41) is 9.49. The fraction of sp³-hybridized carbons (Fsp3) is 0.567. The molecule has 0 aliphatic carbocycles. The van der Waals surface area contributed by atoms with Crippen molar-refractivity contribution in [2.24, 2.45) is 11.8 Å². The van der Waals surface area contributed by atoms with Gasteiger partial charge in [0.05, 0.1) is 9.79 Å². The summed E-state index contributed by atoms with van der Waals surface area (Å²) in [6.45, 7) is 8.94. The van der Waals surface area contributed by atoms with Crippen molar-refractivity contribution in [3.8, 4) is 0 Å². The second-order valence-corrected chi connectivity index (χ2v) is 15.3. The summed E-state index contributed by atoms with van der Waals surface area (Å²) in [6.07, 6.45) is 3.96. The average Bonchev–Trinajstić information content (AvgIpc) is 2.90. The molecule has 0 spiro atoms. The molecule has 4 rings (SSSR count). The minimum atomic E-state index is -3.79. The molecule has 220 valence electrons. The fourth-order valence-electron chi connectivity index (χ4n) is 6.31. The van der Waals surface area contributed by atoms with Gasteiger partial charge in [-0.2, -0.15) is 8.61 Å². The second kappa shape index (κ2) is 12.4. The Balaban J connectivity index is 1.67. The van der Waals surface area contributed by atoms with Gasteiger partial charge in [0, 0.05) is 38.7 Å². The van der Waals surface area contributed by atoms with Crippen molar-refractivity contribution in [3.63, 3.8) is 0 Å². The average molecular weight is 591 g/mol. The third-order valence-electron chi connectivity index (χ3n) is 8.37. The Kier molecular flexibility index (Phi) is 9.56. The Bertz CT molecular complexity index is 1450. The molecular formula is C30H42N2O6S2. The van der Waals surface area contributed by atoms with Crippen molar-refractivity contribution in [2.45, 2.75) is 76.0 Å². The third kappa shape index (κ3) is 6.36. The number of aliphatic hydroxyl groups is 1. The minimum absolute atomic E-state index is 0.0684. The molecule has 2 aliphatic heterocycles. The highest BCUT2D eigenvalue weighted by atomic mass is 32.2. The van der Waals surface area contributed by atoms with Crippen LogP contribution >= 0.6 is 0 Å². The van der Waals surface area contributed by atoms with Crippen LogP contribution in [0.4, 0.5) is 0 Å². The predicted molar refractivity (Wildman–Crippen MR) is 155 cm³/mol. The second-order valence-electron chi connectivity index (χ2n) is 11.5. The highest BCUT2D eigenvalue weighted by molar-refractivity contribution is 7.89. The van der Waals surface area contributed by atoms with Crippen molar-refractivity contribution < 1.29 is 26.7 Å². The molecule has 40 heavy (non-hydrogen) atoms. The Morgan fingerprint density at radius 2 is 1.12 bits per heavy atom. The molecule has 1 N–H and O–H groups in total. The molecule has 2 heterocycles. The molecule has 10 heteroatoms. The molecule has 0 saturated carbocycles. The van der Waals surface area contributed by atoms with Gasteiger partial charge in [0.2, 0.25) is 20.0 Å². The number of carbonyl (C=O) groups excluding carboxylic acids is 1. The summed E-state index contributed by atoms with van der Waals surface area (Å²) in [5.74, 6) is 0.0172. The molecule has 0 unspecified atom stereocenters. The van der Waals surface area contributed by atoms with Crippen molar-refractivity contribution in [2.75, 3.05) is 32.8 Å². The van der Waals surface area contributed by atoms with Gasteiger partial charge in [-0.05, 0) is 94.4 Å². The summed E-state index contributed by atoms with van der Waals surface area (Å²) in [4.78, 5) is 11.8. The van der Waals surface area contributed by atoms with Gasteiger partial charge in [-0.3, -0.25) is 0 Å². The van der Waals surface area contributed by atoms with Crippen LogP contribution in [0.3, 0.4) is 0 Å². The lowest BCUT2D eigenvalue weighted by atomic mass is 9.98. The fourth-order valence-corrected chi connectivity index (χ4v) is 10.1. The van der Waals surface area contributed by atoms with Crippen molar-refractivity contribution in [1.29, 1.82) is 0 Å². The highest BCUT2D eigenvalue weighted by Gasteiger charge is 2.34. The number of hydrogen-bond acceptors (Lipinski definition) is 6. The first-order chi connectivity index (χ1) is 18.9. The molecule has 8 nitrogen and oxygen atoms in total. The maximum Gasteiger partial charge on any atom is 0.243 e. The monoisotopic (exact) mass is 590 g/mol. The predicted octanol–water partition coefficient (Wildman–Crippen LogP) is 3.70. The Labute approximate surface area is 239 Å². The number of carbonyl (C=O) groups is 1. The Morgan fingerprint density at radius 3 is 1.50 bits per heavy atom. The molecule has 0 atom stereocenters. The lowest BCUT2D eigenvalue weighted by molar-refractivity contribution is -0.112. The third-order valence-corrected chi connectivity index (χ3v) is 12.7. The van der Waals surface area contributed by atoms with E-state index in [9.17, 15) is 26.7 Å². The van der Waals surface area contributed by atoms with E-state index in [1.807, 2.05) is 52.0 Å². The van der Waals surface area contributed by atoms with Crippen molar-refractivity contribution in [1.82, 2.24) is 8.61 Å². The largest absolute Gasteiger partial charge is 0.396 e. The smallest absolute Gasteiger partial charge is 0.243 e. The number of sulfonamides is 2. The Morgan fingerprint density at radius 1 is 0.725 bits per heavy atom. The highest BCUT2D eigenvalue weighted by Crippen LogP contribution is 2.33. The van der Waals surface area contributed by atoms with E-state index in [0.717, 1.165) is 17.4 Å². The van der Waals surface area contributed by atoms with Crippen LogP contribution in [0.5, 0.6) is 0 Å². The van der Waals surface area contributed by atoms with Crippen molar-refractivity contribution >= 4 is 26.3 Å². The number of nitrogens with zero attached hydrogens (tertiary/aromatic N) is 2. The lowest BCUT2D eigenvalue weighted by Crippen LogP contribution is -2.40. The first-order valence-corrected chi connectivity index (χ1v) is 17.0. The van der Waals surface area contributed by atoms with Crippen LogP contribution in [-0.2, 0) is 37.7 Å². The molecule has 0 amide bonds. The van der Waals surface area contributed by atoms with Gasteiger partial charge >= 0.3 is 0 Å². The number of rotatable bonds is 9. The molecule has 0 radical (unpaired) electrons. The molecule has 2 aromatic rings. The molecule has 0 aromatic heterocycles. The minimum Gasteiger partial charge on any atom is -0.396 e. The standard InChI is InChI=1S/C30H42N2O6S2/c1-21-15-23(3)29(39(35,36)31-11-7-25(19-33)8-12-31)27(17-21)5-6-28-18-22(2)16-24(4)30(28)40(37,38)32-13-9-26(20-34)10-14-32/h15-19,25-26,34H,5-14,20H2,1-4H3. The summed E-state index contributed by atoms with van der Waals surface area (Å²) < 4.78 is 58.5. The van der Waals surface area contributed by atoms with Gasteiger partial charge in [-0.1, -0.05) is 35.4 Å². The van der Waals surface area contributed by atoms with Gasteiger partial charge in [-0.25, -0.2) is 16.8 Å². The van der Waals surface area contributed by atoms with Crippen LogP contribution in [-0.4, -0.2) is 69.6 Å². The zero-order chi connectivity index (χ0) is 29.2. The van der Waals surface area contributed by atoms with E-state index in [-0.39, 0.29) is 18.4 Å². The summed E-state index contributed by atoms with van der Waals surface area (Å²) in [7, 11) is -7.54.